The van der Waals surface area contributed by atoms with Gasteiger partial charge in [-0.25, -0.2) is 4.57 Å². The number of hydrogen-bond acceptors (Lipinski definition) is 7. The van der Waals surface area contributed by atoms with Gasteiger partial charge in [-0.1, -0.05) is 251 Å². The van der Waals surface area contributed by atoms with Crippen LogP contribution < -0.4 is 5.73 Å². The van der Waals surface area contributed by atoms with Crippen LogP contribution in [-0.4, -0.2) is 49.9 Å². The number of rotatable bonds is 50. The smallest absolute Gasteiger partial charge is 0.457 e. The van der Waals surface area contributed by atoms with E-state index < -0.39 is 13.9 Å². The van der Waals surface area contributed by atoms with Crippen molar-refractivity contribution in [2.45, 2.75) is 277 Å². The molecule has 0 bridgehead atoms. The van der Waals surface area contributed by atoms with E-state index in [1.165, 1.54) is 218 Å². The van der Waals surface area contributed by atoms with Crippen molar-refractivity contribution < 1.29 is 32.8 Å². The number of hydrogen-bond donors (Lipinski definition) is 2. The molecule has 0 aromatic rings. The minimum absolute atomic E-state index is 0.0898. The third-order valence-corrected chi connectivity index (χ3v) is 12.5. The van der Waals surface area contributed by atoms with Gasteiger partial charge < -0.3 is 20.1 Å². The van der Waals surface area contributed by atoms with Crippen LogP contribution in [0.25, 0.3) is 0 Å². The molecule has 0 spiro atoms. The largest absolute Gasteiger partial charge is 0.472 e. The summed E-state index contributed by atoms with van der Waals surface area (Å²) in [4.78, 5) is 22.6. The Kier molecular flexibility index (Phi) is 47.1. The highest BCUT2D eigenvalue weighted by Gasteiger charge is 2.25. The predicted molar refractivity (Wildman–Crippen MR) is 248 cm³/mol. The second-order valence-corrected chi connectivity index (χ2v) is 18.9. The molecule has 0 saturated carbocycles. The zero-order chi connectivity index (χ0) is 42.3. The van der Waals surface area contributed by atoms with Crippen LogP contribution in [-0.2, 0) is 27.9 Å². The highest BCUT2D eigenvalue weighted by atomic mass is 31.2. The maximum atomic E-state index is 12.6. The second-order valence-electron chi connectivity index (χ2n) is 17.4. The van der Waals surface area contributed by atoms with Crippen LogP contribution in [0.5, 0.6) is 0 Å². The number of carbonyl (C=O) groups is 1. The lowest BCUT2D eigenvalue weighted by Gasteiger charge is -2.20. The molecule has 2 atom stereocenters. The normalized spacial score (nSPS) is 13.2. The van der Waals surface area contributed by atoms with Crippen molar-refractivity contribution in [3.63, 3.8) is 0 Å². The van der Waals surface area contributed by atoms with Gasteiger partial charge in [0.05, 0.1) is 19.8 Å². The van der Waals surface area contributed by atoms with Gasteiger partial charge in [-0.05, 0) is 12.8 Å². The summed E-state index contributed by atoms with van der Waals surface area (Å²) in [5, 5.41) is 0. The lowest BCUT2D eigenvalue weighted by Crippen LogP contribution is -2.28. The summed E-state index contributed by atoms with van der Waals surface area (Å²) >= 11 is 0. The molecule has 0 radical (unpaired) electrons. The quantitative estimate of drug-likeness (QED) is 0.0353. The van der Waals surface area contributed by atoms with E-state index in [0.29, 0.717) is 13.0 Å². The van der Waals surface area contributed by atoms with Crippen LogP contribution >= 0.6 is 7.82 Å². The number of esters is 1. The SMILES string of the molecule is CCCCCCCCCCCCCCCCCCCCCCCCCOCC(COP(=O)(O)OCCN)OC(=O)CCCCCCCCCCCCCCCCCC. The first kappa shape index (κ1) is 57.5. The van der Waals surface area contributed by atoms with Crippen LogP contribution in [0.1, 0.15) is 271 Å². The lowest BCUT2D eigenvalue weighted by atomic mass is 10.0. The predicted octanol–water partition coefficient (Wildman–Crippen LogP) is 15.7. The van der Waals surface area contributed by atoms with Gasteiger partial charge in [-0.15, -0.1) is 0 Å². The lowest BCUT2D eigenvalue weighted by molar-refractivity contribution is -0.154. The van der Waals surface area contributed by atoms with Gasteiger partial charge in [-0.3, -0.25) is 13.8 Å². The molecule has 8 nitrogen and oxygen atoms in total. The van der Waals surface area contributed by atoms with Crippen molar-refractivity contribution in [1.82, 2.24) is 0 Å². The molecular formula is C49H100NO7P. The Morgan fingerprint density at radius 2 is 0.759 bits per heavy atom. The third kappa shape index (κ3) is 46.6. The van der Waals surface area contributed by atoms with Crippen molar-refractivity contribution in [3.8, 4) is 0 Å². The number of phosphoric ester groups is 1. The van der Waals surface area contributed by atoms with Crippen LogP contribution in [0.2, 0.25) is 0 Å². The molecule has 9 heteroatoms. The van der Waals surface area contributed by atoms with E-state index in [-0.39, 0.29) is 32.3 Å². The Morgan fingerprint density at radius 1 is 0.448 bits per heavy atom. The van der Waals surface area contributed by atoms with Crippen molar-refractivity contribution >= 4 is 13.8 Å². The van der Waals surface area contributed by atoms with E-state index in [2.05, 4.69) is 13.8 Å². The van der Waals surface area contributed by atoms with Gasteiger partial charge in [-0.2, -0.15) is 0 Å². The number of carbonyl (C=O) groups excluding carboxylic acids is 1. The van der Waals surface area contributed by atoms with Gasteiger partial charge in [0.2, 0.25) is 0 Å². The summed E-state index contributed by atoms with van der Waals surface area (Å²) < 4.78 is 33.6. The maximum absolute atomic E-state index is 12.6. The summed E-state index contributed by atoms with van der Waals surface area (Å²) in [5.74, 6) is -0.321. The van der Waals surface area contributed by atoms with Gasteiger partial charge >= 0.3 is 13.8 Å². The highest BCUT2D eigenvalue weighted by Crippen LogP contribution is 2.43. The first-order chi connectivity index (χ1) is 28.4. The fourth-order valence-corrected chi connectivity index (χ4v) is 8.53. The molecule has 348 valence electrons. The number of ether oxygens (including phenoxy) is 2. The van der Waals surface area contributed by atoms with Crippen molar-refractivity contribution in [2.24, 2.45) is 5.73 Å². The standard InChI is InChI=1S/C49H100NO7P/c1-3-5-7-9-11-13-15-17-19-21-22-23-24-25-26-27-29-31-33-35-37-39-41-44-54-46-48(47-56-58(52,53)55-45-43-50)57-49(51)42-40-38-36-34-32-30-28-20-18-16-14-12-10-8-6-4-2/h48H,3-47,50H2,1-2H3,(H,52,53). The first-order valence-electron chi connectivity index (χ1n) is 25.5. The molecule has 0 rings (SSSR count). The van der Waals surface area contributed by atoms with Crippen LogP contribution in [0, 0.1) is 0 Å². The topological polar surface area (TPSA) is 117 Å². The van der Waals surface area contributed by atoms with E-state index in [4.69, 9.17) is 24.3 Å². The minimum atomic E-state index is -4.27. The van der Waals surface area contributed by atoms with E-state index in [1.807, 2.05) is 0 Å². The fraction of sp³-hybridized carbons (Fsp3) is 0.980. The monoisotopic (exact) mass is 846 g/mol. The fourth-order valence-electron chi connectivity index (χ4n) is 7.77. The molecule has 0 saturated heterocycles. The van der Waals surface area contributed by atoms with Crippen LogP contribution in [0.3, 0.4) is 0 Å². The molecule has 0 aromatic heterocycles. The van der Waals surface area contributed by atoms with Gasteiger partial charge in [0, 0.05) is 19.6 Å². The summed E-state index contributed by atoms with van der Waals surface area (Å²) in [5.41, 5.74) is 5.39. The molecule has 0 aromatic carbocycles. The van der Waals surface area contributed by atoms with Gasteiger partial charge in [0.15, 0.2) is 0 Å². The van der Waals surface area contributed by atoms with E-state index in [0.717, 1.165) is 32.1 Å². The summed E-state index contributed by atoms with van der Waals surface area (Å²) in [6.45, 7) is 5.01. The van der Waals surface area contributed by atoms with Crippen molar-refractivity contribution in [3.05, 3.63) is 0 Å². The third-order valence-electron chi connectivity index (χ3n) is 11.5. The van der Waals surface area contributed by atoms with Crippen LogP contribution in [0.15, 0.2) is 0 Å². The molecule has 0 heterocycles. The number of nitrogens with two attached hydrogens (primary N) is 1. The molecule has 2 unspecified atom stereocenters. The average Bonchev–Trinajstić information content (AvgIpc) is 3.21. The molecule has 0 aliphatic rings. The Labute approximate surface area is 361 Å². The Bertz CT molecular complexity index is 863. The summed E-state index contributed by atoms with van der Waals surface area (Å²) in [6.07, 6.45) is 51.4. The van der Waals surface area contributed by atoms with Gasteiger partial charge in [0.25, 0.3) is 0 Å². The molecular weight excluding hydrogens is 746 g/mol. The van der Waals surface area contributed by atoms with Crippen molar-refractivity contribution in [1.29, 1.82) is 0 Å². The van der Waals surface area contributed by atoms with E-state index >= 15 is 0 Å². The first-order valence-corrected chi connectivity index (χ1v) is 27.0. The molecule has 0 fully saturated rings. The molecule has 0 aliphatic heterocycles. The molecule has 58 heavy (non-hydrogen) atoms. The van der Waals surface area contributed by atoms with Crippen molar-refractivity contribution in [2.75, 3.05) is 33.0 Å². The molecule has 0 amide bonds. The van der Waals surface area contributed by atoms with Gasteiger partial charge in [0.1, 0.15) is 6.10 Å². The summed E-state index contributed by atoms with van der Waals surface area (Å²) in [6, 6.07) is 0. The average molecular weight is 846 g/mol. The maximum Gasteiger partial charge on any atom is 0.472 e. The highest BCUT2D eigenvalue weighted by molar-refractivity contribution is 7.47. The van der Waals surface area contributed by atoms with E-state index in [9.17, 15) is 14.3 Å². The summed E-state index contributed by atoms with van der Waals surface area (Å²) in [7, 11) is -4.27. The Hall–Kier alpha value is -0.500. The Morgan fingerprint density at radius 3 is 1.09 bits per heavy atom. The zero-order valence-corrected chi connectivity index (χ0v) is 39.7. The molecule has 0 aliphatic carbocycles. The van der Waals surface area contributed by atoms with Crippen LogP contribution in [0.4, 0.5) is 0 Å². The second kappa shape index (κ2) is 47.5. The zero-order valence-electron chi connectivity index (χ0n) is 38.8. The Balaban J connectivity index is 3.85. The number of phosphoric acid groups is 1. The number of unbranched alkanes of at least 4 members (excludes halogenated alkanes) is 37. The molecule has 3 N–H and O–H groups in total. The minimum Gasteiger partial charge on any atom is -0.457 e. The van der Waals surface area contributed by atoms with E-state index in [1.54, 1.807) is 0 Å².